The molecule has 0 fully saturated rings. The number of nitrogens with one attached hydrogen (secondary N) is 1. The van der Waals surface area contributed by atoms with Gasteiger partial charge in [-0.05, 0) is 30.7 Å². The number of hydrogen-bond acceptors (Lipinski definition) is 2. The molecular formula is C15H16ClNO2. The average Bonchev–Trinajstić information content (AvgIpc) is 2.89. The van der Waals surface area contributed by atoms with Crippen LogP contribution in [0, 0.1) is 0 Å². The second-order valence-corrected chi connectivity index (χ2v) is 4.66. The van der Waals surface area contributed by atoms with Gasteiger partial charge in [0.05, 0.1) is 5.02 Å². The molecule has 2 rings (SSSR count). The fourth-order valence-electron chi connectivity index (χ4n) is 1.73. The quantitative estimate of drug-likeness (QED) is 0.835. The minimum Gasteiger partial charge on any atom is -0.451 e. The van der Waals surface area contributed by atoms with Crippen LogP contribution >= 0.6 is 11.6 Å². The average molecular weight is 278 g/mol. The first-order chi connectivity index (χ1) is 9.22. The number of benzene rings is 1. The van der Waals surface area contributed by atoms with Gasteiger partial charge in [-0.25, -0.2) is 0 Å². The van der Waals surface area contributed by atoms with E-state index >= 15 is 0 Å². The largest absolute Gasteiger partial charge is 0.451 e. The molecule has 3 nitrogen and oxygen atoms in total. The maximum Gasteiger partial charge on any atom is 0.287 e. The van der Waals surface area contributed by atoms with Gasteiger partial charge in [0.15, 0.2) is 5.76 Å². The van der Waals surface area contributed by atoms with Gasteiger partial charge in [0.25, 0.3) is 5.91 Å². The number of carbonyl (C=O) groups is 1. The van der Waals surface area contributed by atoms with Crippen LogP contribution in [0.2, 0.25) is 5.02 Å². The van der Waals surface area contributed by atoms with E-state index in [1.165, 1.54) is 0 Å². The number of hydrogen-bond donors (Lipinski definition) is 1. The van der Waals surface area contributed by atoms with Crippen molar-refractivity contribution in [1.29, 1.82) is 0 Å². The smallest absolute Gasteiger partial charge is 0.287 e. The van der Waals surface area contributed by atoms with Crippen LogP contribution in [0.5, 0.6) is 0 Å². The van der Waals surface area contributed by atoms with E-state index in [2.05, 4.69) is 12.2 Å². The summed E-state index contributed by atoms with van der Waals surface area (Å²) in [6.07, 6.45) is 2.01. The Labute approximate surface area is 117 Å². The molecule has 1 aromatic carbocycles. The standard InChI is InChI=1S/C15H16ClNO2/c1-2-3-10-17-15(18)14-9-8-13(19-14)11-6-4-5-7-12(11)16/h4-9H,2-3,10H2,1H3,(H,17,18). The maximum absolute atomic E-state index is 11.8. The molecule has 1 amide bonds. The van der Waals surface area contributed by atoms with Gasteiger partial charge in [-0.3, -0.25) is 4.79 Å². The highest BCUT2D eigenvalue weighted by Gasteiger charge is 2.12. The van der Waals surface area contributed by atoms with Gasteiger partial charge in [-0.15, -0.1) is 0 Å². The predicted octanol–water partition coefficient (Wildman–Crippen LogP) is 4.13. The van der Waals surface area contributed by atoms with Crippen molar-refractivity contribution >= 4 is 17.5 Å². The lowest BCUT2D eigenvalue weighted by molar-refractivity contribution is 0.0926. The minimum absolute atomic E-state index is 0.188. The van der Waals surface area contributed by atoms with Crippen molar-refractivity contribution in [3.05, 3.63) is 47.2 Å². The van der Waals surface area contributed by atoms with Crippen LogP contribution in [-0.2, 0) is 0 Å². The van der Waals surface area contributed by atoms with Crippen molar-refractivity contribution in [2.24, 2.45) is 0 Å². The van der Waals surface area contributed by atoms with Gasteiger partial charge in [-0.1, -0.05) is 37.1 Å². The van der Waals surface area contributed by atoms with Crippen molar-refractivity contribution in [3.63, 3.8) is 0 Å². The lowest BCUT2D eigenvalue weighted by atomic mass is 10.2. The molecule has 19 heavy (non-hydrogen) atoms. The zero-order chi connectivity index (χ0) is 13.7. The Bertz CT molecular complexity index is 563. The summed E-state index contributed by atoms with van der Waals surface area (Å²) in [6, 6.07) is 10.8. The Balaban J connectivity index is 2.11. The molecule has 0 aliphatic carbocycles. The molecule has 0 aliphatic heterocycles. The summed E-state index contributed by atoms with van der Waals surface area (Å²) < 4.78 is 5.55. The van der Waals surface area contributed by atoms with Crippen LogP contribution in [0.3, 0.4) is 0 Å². The van der Waals surface area contributed by atoms with Crippen molar-refractivity contribution in [1.82, 2.24) is 5.32 Å². The van der Waals surface area contributed by atoms with Gasteiger partial charge in [0, 0.05) is 12.1 Å². The van der Waals surface area contributed by atoms with Gasteiger partial charge in [-0.2, -0.15) is 0 Å². The summed E-state index contributed by atoms with van der Waals surface area (Å²) in [7, 11) is 0. The molecule has 1 aromatic heterocycles. The van der Waals surface area contributed by atoms with Crippen molar-refractivity contribution in [2.75, 3.05) is 6.54 Å². The number of carbonyl (C=O) groups excluding carboxylic acids is 1. The van der Waals surface area contributed by atoms with Crippen molar-refractivity contribution < 1.29 is 9.21 Å². The number of furan rings is 1. The van der Waals surface area contributed by atoms with Crippen LogP contribution in [0.1, 0.15) is 30.3 Å². The van der Waals surface area contributed by atoms with E-state index in [0.29, 0.717) is 23.1 Å². The molecule has 0 radical (unpaired) electrons. The Morgan fingerprint density at radius 3 is 2.79 bits per heavy atom. The highest BCUT2D eigenvalue weighted by atomic mass is 35.5. The zero-order valence-electron chi connectivity index (χ0n) is 10.8. The fourth-order valence-corrected chi connectivity index (χ4v) is 1.96. The van der Waals surface area contributed by atoms with Crippen LogP contribution in [-0.4, -0.2) is 12.5 Å². The van der Waals surface area contributed by atoms with Crippen LogP contribution < -0.4 is 5.32 Å². The fraction of sp³-hybridized carbons (Fsp3) is 0.267. The van der Waals surface area contributed by atoms with E-state index in [0.717, 1.165) is 18.4 Å². The summed E-state index contributed by atoms with van der Waals surface area (Å²) >= 11 is 6.09. The monoisotopic (exact) mass is 277 g/mol. The summed E-state index contributed by atoms with van der Waals surface area (Å²) in [4.78, 5) is 11.8. The predicted molar refractivity (Wildman–Crippen MR) is 76.4 cm³/mol. The van der Waals surface area contributed by atoms with Gasteiger partial charge >= 0.3 is 0 Å². The normalized spacial score (nSPS) is 10.4. The molecule has 0 atom stereocenters. The molecule has 0 aliphatic rings. The van der Waals surface area contributed by atoms with E-state index in [1.54, 1.807) is 18.2 Å². The Morgan fingerprint density at radius 2 is 2.05 bits per heavy atom. The van der Waals surface area contributed by atoms with Crippen molar-refractivity contribution in [2.45, 2.75) is 19.8 Å². The first-order valence-corrected chi connectivity index (χ1v) is 6.73. The van der Waals surface area contributed by atoms with Gasteiger partial charge < -0.3 is 9.73 Å². The van der Waals surface area contributed by atoms with Gasteiger partial charge in [0.1, 0.15) is 5.76 Å². The van der Waals surface area contributed by atoms with Crippen LogP contribution in [0.25, 0.3) is 11.3 Å². The SMILES string of the molecule is CCCCNC(=O)c1ccc(-c2ccccc2Cl)o1. The van der Waals surface area contributed by atoms with Crippen LogP contribution in [0.4, 0.5) is 0 Å². The first kappa shape index (κ1) is 13.7. The third-order valence-electron chi connectivity index (χ3n) is 2.78. The highest BCUT2D eigenvalue weighted by molar-refractivity contribution is 6.33. The van der Waals surface area contributed by atoms with E-state index < -0.39 is 0 Å². The minimum atomic E-state index is -0.188. The third-order valence-corrected chi connectivity index (χ3v) is 3.11. The molecule has 4 heteroatoms. The van der Waals surface area contributed by atoms with E-state index in [4.69, 9.17) is 16.0 Å². The van der Waals surface area contributed by atoms with E-state index in [1.807, 2.05) is 18.2 Å². The topological polar surface area (TPSA) is 42.2 Å². The summed E-state index contributed by atoms with van der Waals surface area (Å²) in [5, 5.41) is 3.42. The second-order valence-electron chi connectivity index (χ2n) is 4.25. The number of amides is 1. The molecule has 0 spiro atoms. The number of halogens is 1. The summed E-state index contributed by atoms with van der Waals surface area (Å²) in [5.74, 6) is 0.726. The molecule has 2 aromatic rings. The van der Waals surface area contributed by atoms with E-state index in [-0.39, 0.29) is 5.91 Å². The highest BCUT2D eigenvalue weighted by Crippen LogP contribution is 2.28. The van der Waals surface area contributed by atoms with Gasteiger partial charge in [0.2, 0.25) is 0 Å². The maximum atomic E-state index is 11.8. The third kappa shape index (κ3) is 3.38. The second kappa shape index (κ2) is 6.43. The van der Waals surface area contributed by atoms with E-state index in [9.17, 15) is 4.79 Å². The Hall–Kier alpha value is -1.74. The number of rotatable bonds is 5. The molecule has 0 unspecified atom stereocenters. The summed E-state index contributed by atoms with van der Waals surface area (Å²) in [6.45, 7) is 2.74. The molecule has 0 saturated heterocycles. The molecule has 0 bridgehead atoms. The first-order valence-electron chi connectivity index (χ1n) is 6.35. The molecular weight excluding hydrogens is 262 g/mol. The number of unbranched alkanes of at least 4 members (excludes halogenated alkanes) is 1. The lowest BCUT2D eigenvalue weighted by Crippen LogP contribution is -2.23. The lowest BCUT2D eigenvalue weighted by Gasteiger charge is -2.02. The zero-order valence-corrected chi connectivity index (χ0v) is 11.5. The molecule has 1 heterocycles. The molecule has 1 N–H and O–H groups in total. The molecule has 100 valence electrons. The summed E-state index contributed by atoms with van der Waals surface area (Å²) in [5.41, 5.74) is 0.789. The van der Waals surface area contributed by atoms with Crippen LogP contribution in [0.15, 0.2) is 40.8 Å². The molecule has 0 saturated carbocycles. The Morgan fingerprint density at radius 1 is 1.26 bits per heavy atom. The van der Waals surface area contributed by atoms with Crippen molar-refractivity contribution in [3.8, 4) is 11.3 Å². The Kier molecular flexibility index (Phi) is 4.63.